The molecule has 9 nitrogen and oxygen atoms in total. The van der Waals surface area contributed by atoms with Gasteiger partial charge in [0.15, 0.2) is 5.76 Å². The largest absolute Gasteiger partial charge is 0.505 e. The van der Waals surface area contributed by atoms with Crippen molar-refractivity contribution in [3.05, 3.63) is 89.4 Å². The minimum atomic E-state index is -0.747. The van der Waals surface area contributed by atoms with Crippen LogP contribution >= 0.6 is 0 Å². The number of likely N-dealkylation sites (tertiary alicyclic amines) is 1. The van der Waals surface area contributed by atoms with Crippen LogP contribution in [0.3, 0.4) is 0 Å². The SMILES string of the molecule is CCCOc1ccc(C2/C(=C(\O)c3nc4c(C)cccn4c3C)C(=O)C(=O)N2CCCn2ccnc2)cc1. The smallest absolute Gasteiger partial charge is 0.295 e. The molecule has 1 aliphatic heterocycles. The van der Waals surface area contributed by atoms with Gasteiger partial charge in [-0.1, -0.05) is 25.1 Å². The number of nitrogens with zero attached hydrogens (tertiary/aromatic N) is 5. The second kappa shape index (κ2) is 10.5. The van der Waals surface area contributed by atoms with Gasteiger partial charge in [0.1, 0.15) is 17.1 Å². The van der Waals surface area contributed by atoms with E-state index in [2.05, 4.69) is 9.97 Å². The number of benzene rings is 1. The molecule has 4 heterocycles. The first-order valence-electron chi connectivity index (χ1n) is 12.8. The highest BCUT2D eigenvalue weighted by Crippen LogP contribution is 2.40. The van der Waals surface area contributed by atoms with Crippen LogP contribution in [0.1, 0.15) is 48.3 Å². The van der Waals surface area contributed by atoms with Gasteiger partial charge in [-0.25, -0.2) is 9.97 Å². The summed E-state index contributed by atoms with van der Waals surface area (Å²) in [6.07, 6.45) is 8.64. The fourth-order valence-electron chi connectivity index (χ4n) is 4.94. The molecule has 9 heteroatoms. The van der Waals surface area contributed by atoms with Crippen LogP contribution in [0.4, 0.5) is 0 Å². The molecule has 196 valence electrons. The molecule has 1 fully saturated rings. The molecule has 1 aliphatic rings. The van der Waals surface area contributed by atoms with Gasteiger partial charge in [0.2, 0.25) is 0 Å². The third-order valence-electron chi connectivity index (χ3n) is 6.89. The van der Waals surface area contributed by atoms with E-state index < -0.39 is 17.7 Å². The predicted octanol–water partition coefficient (Wildman–Crippen LogP) is 4.45. The van der Waals surface area contributed by atoms with Gasteiger partial charge in [0, 0.05) is 31.7 Å². The Morgan fingerprint density at radius 1 is 1.08 bits per heavy atom. The van der Waals surface area contributed by atoms with Crippen molar-refractivity contribution in [2.75, 3.05) is 13.2 Å². The molecule has 0 saturated carbocycles. The number of imidazole rings is 2. The van der Waals surface area contributed by atoms with Crippen molar-refractivity contribution in [2.24, 2.45) is 0 Å². The zero-order chi connectivity index (χ0) is 26.8. The Balaban J connectivity index is 1.57. The molecule has 0 bridgehead atoms. The number of aryl methyl sites for hydroxylation is 3. The van der Waals surface area contributed by atoms with E-state index >= 15 is 0 Å². The van der Waals surface area contributed by atoms with Crippen LogP contribution in [-0.2, 0) is 16.1 Å². The van der Waals surface area contributed by atoms with E-state index in [9.17, 15) is 14.7 Å². The quantitative estimate of drug-likeness (QED) is 0.202. The molecular weight excluding hydrogens is 482 g/mol. The predicted molar refractivity (Wildman–Crippen MR) is 143 cm³/mol. The zero-order valence-corrected chi connectivity index (χ0v) is 21.8. The molecule has 1 aromatic carbocycles. The van der Waals surface area contributed by atoms with Crippen molar-refractivity contribution in [1.29, 1.82) is 0 Å². The molecule has 0 aliphatic carbocycles. The number of carbonyl (C=O) groups is 2. The van der Waals surface area contributed by atoms with Crippen LogP contribution in [0.25, 0.3) is 11.4 Å². The van der Waals surface area contributed by atoms with Gasteiger partial charge in [0.25, 0.3) is 11.7 Å². The Hall–Kier alpha value is -4.40. The molecule has 5 rings (SSSR count). The third kappa shape index (κ3) is 4.55. The lowest BCUT2D eigenvalue weighted by molar-refractivity contribution is -0.139. The topological polar surface area (TPSA) is 102 Å². The van der Waals surface area contributed by atoms with Crippen LogP contribution in [0.2, 0.25) is 0 Å². The Morgan fingerprint density at radius 2 is 1.87 bits per heavy atom. The first kappa shape index (κ1) is 25.3. The Kier molecular flexibility index (Phi) is 7.00. The van der Waals surface area contributed by atoms with Gasteiger partial charge in [-0.15, -0.1) is 0 Å². The van der Waals surface area contributed by atoms with E-state index in [1.165, 1.54) is 0 Å². The Morgan fingerprint density at radius 3 is 2.55 bits per heavy atom. The third-order valence-corrected chi connectivity index (χ3v) is 6.89. The molecule has 0 radical (unpaired) electrons. The summed E-state index contributed by atoms with van der Waals surface area (Å²) in [5.41, 5.74) is 3.38. The molecule has 0 spiro atoms. The number of aliphatic hydroxyl groups excluding tert-OH is 1. The summed E-state index contributed by atoms with van der Waals surface area (Å²) in [6.45, 7) is 7.39. The van der Waals surface area contributed by atoms with Crippen molar-refractivity contribution < 1.29 is 19.4 Å². The first-order chi connectivity index (χ1) is 18.4. The second-order valence-electron chi connectivity index (χ2n) is 9.49. The minimum absolute atomic E-state index is 0.0454. The normalized spacial score (nSPS) is 17.0. The maximum Gasteiger partial charge on any atom is 0.295 e. The highest BCUT2D eigenvalue weighted by molar-refractivity contribution is 6.46. The number of ketones is 1. The van der Waals surface area contributed by atoms with Gasteiger partial charge in [0.05, 0.1) is 30.2 Å². The molecule has 1 saturated heterocycles. The van der Waals surface area contributed by atoms with Crippen LogP contribution in [0, 0.1) is 13.8 Å². The van der Waals surface area contributed by atoms with Crippen molar-refractivity contribution in [3.8, 4) is 5.75 Å². The van der Waals surface area contributed by atoms with E-state index in [1.54, 1.807) is 17.4 Å². The summed E-state index contributed by atoms with van der Waals surface area (Å²) >= 11 is 0. The van der Waals surface area contributed by atoms with Gasteiger partial charge in [-0.3, -0.25) is 9.59 Å². The van der Waals surface area contributed by atoms with Crippen LogP contribution < -0.4 is 4.74 Å². The van der Waals surface area contributed by atoms with E-state index in [-0.39, 0.29) is 11.3 Å². The molecule has 38 heavy (non-hydrogen) atoms. The Labute approximate surface area is 221 Å². The lowest BCUT2D eigenvalue weighted by Gasteiger charge is -2.25. The molecule has 1 atom stereocenters. The van der Waals surface area contributed by atoms with Crippen molar-refractivity contribution >= 4 is 23.1 Å². The summed E-state index contributed by atoms with van der Waals surface area (Å²) in [6, 6.07) is 10.4. The van der Waals surface area contributed by atoms with Gasteiger partial charge >= 0.3 is 0 Å². The number of rotatable bonds is 9. The fourth-order valence-corrected chi connectivity index (χ4v) is 4.94. The molecule has 1 unspecified atom stereocenters. The molecule has 1 amide bonds. The van der Waals surface area contributed by atoms with E-state index in [0.717, 1.165) is 17.5 Å². The number of carbonyl (C=O) groups excluding carboxylic acids is 2. The van der Waals surface area contributed by atoms with Gasteiger partial charge < -0.3 is 23.7 Å². The number of hydrogen-bond donors (Lipinski definition) is 1. The van der Waals surface area contributed by atoms with E-state index in [4.69, 9.17) is 4.74 Å². The van der Waals surface area contributed by atoms with Crippen LogP contribution in [-0.4, -0.2) is 53.8 Å². The monoisotopic (exact) mass is 513 g/mol. The number of aromatic nitrogens is 4. The number of hydrogen-bond acceptors (Lipinski definition) is 6. The van der Waals surface area contributed by atoms with Crippen molar-refractivity contribution in [3.63, 3.8) is 0 Å². The Bertz CT molecular complexity index is 1500. The summed E-state index contributed by atoms with van der Waals surface area (Å²) < 4.78 is 9.52. The molecule has 1 N–H and O–H groups in total. The standard InChI is InChI=1S/C29H31N5O4/c1-4-17-38-22-10-8-21(9-11-22)25-23(26(35)24-20(3)33-14-5-7-19(2)28(33)31-24)27(36)29(37)34(25)15-6-13-32-16-12-30-18-32/h5,7-12,14,16,18,25,35H,4,6,13,15,17H2,1-3H3/b26-23+. The number of Topliss-reactive ketones (excluding diaryl/α,β-unsaturated/α-hetero) is 1. The highest BCUT2D eigenvalue weighted by Gasteiger charge is 2.46. The van der Waals surface area contributed by atoms with Crippen LogP contribution in [0.5, 0.6) is 5.75 Å². The van der Waals surface area contributed by atoms with Gasteiger partial charge in [-0.2, -0.15) is 0 Å². The number of aliphatic hydroxyl groups is 1. The van der Waals surface area contributed by atoms with Gasteiger partial charge in [-0.05, 0) is 56.0 Å². The number of amides is 1. The fraction of sp³-hybridized carbons (Fsp3) is 0.310. The molecular formula is C29H31N5O4. The van der Waals surface area contributed by atoms with Crippen molar-refractivity contribution in [1.82, 2.24) is 23.8 Å². The average molecular weight is 514 g/mol. The summed E-state index contributed by atoms with van der Waals surface area (Å²) in [7, 11) is 0. The highest BCUT2D eigenvalue weighted by atomic mass is 16.5. The first-order valence-corrected chi connectivity index (χ1v) is 12.8. The lowest BCUT2D eigenvalue weighted by atomic mass is 9.96. The van der Waals surface area contributed by atoms with E-state index in [0.29, 0.717) is 48.9 Å². The molecule has 3 aromatic heterocycles. The maximum atomic E-state index is 13.4. The van der Waals surface area contributed by atoms with E-state index in [1.807, 2.05) is 78.5 Å². The maximum absolute atomic E-state index is 13.4. The number of pyridine rings is 1. The van der Waals surface area contributed by atoms with Crippen LogP contribution in [0.15, 0.2) is 66.9 Å². The zero-order valence-electron chi connectivity index (χ0n) is 21.8. The lowest BCUT2D eigenvalue weighted by Crippen LogP contribution is -2.31. The summed E-state index contributed by atoms with van der Waals surface area (Å²) in [5.74, 6) is -0.905. The minimum Gasteiger partial charge on any atom is -0.505 e. The van der Waals surface area contributed by atoms with Crippen molar-refractivity contribution in [2.45, 2.75) is 46.2 Å². The number of ether oxygens (including phenoxy) is 1. The summed E-state index contributed by atoms with van der Waals surface area (Å²) in [5, 5.41) is 11.5. The average Bonchev–Trinajstić information content (AvgIpc) is 3.62. The molecule has 4 aromatic rings. The second-order valence-corrected chi connectivity index (χ2v) is 9.49. The number of fused-ring (bicyclic) bond motifs is 1. The summed E-state index contributed by atoms with van der Waals surface area (Å²) in [4.78, 5) is 37.0.